The molecule has 1 atom stereocenters. The van der Waals surface area contributed by atoms with Gasteiger partial charge < -0.3 is 10.1 Å². The number of hydrogen-bond donors (Lipinski definition) is 1. The van der Waals surface area contributed by atoms with E-state index in [2.05, 4.69) is 57.3 Å². The molecule has 1 rings (SSSR count). The maximum atomic E-state index is 5.65. The molecule has 20 heavy (non-hydrogen) atoms. The summed E-state index contributed by atoms with van der Waals surface area (Å²) < 4.78 is 5.65. The SMILES string of the molecule is CCCCCCC(C)NCc1ccc(OC(C)C)cc1. The molecule has 1 unspecified atom stereocenters. The van der Waals surface area contributed by atoms with E-state index in [1.54, 1.807) is 0 Å². The number of hydrogen-bond acceptors (Lipinski definition) is 2. The Kier molecular flexibility index (Phi) is 8.36. The van der Waals surface area contributed by atoms with E-state index < -0.39 is 0 Å². The molecule has 1 aromatic rings. The summed E-state index contributed by atoms with van der Waals surface area (Å²) in [6, 6.07) is 9.01. The van der Waals surface area contributed by atoms with Crippen LogP contribution in [0.5, 0.6) is 5.75 Å². The maximum absolute atomic E-state index is 5.65. The van der Waals surface area contributed by atoms with Crippen molar-refractivity contribution in [3.05, 3.63) is 29.8 Å². The summed E-state index contributed by atoms with van der Waals surface area (Å²) in [4.78, 5) is 0. The number of rotatable bonds is 10. The maximum Gasteiger partial charge on any atom is 0.119 e. The first kappa shape index (κ1) is 17.0. The fourth-order valence-corrected chi connectivity index (χ4v) is 2.23. The van der Waals surface area contributed by atoms with E-state index in [-0.39, 0.29) is 6.10 Å². The summed E-state index contributed by atoms with van der Waals surface area (Å²) in [5.41, 5.74) is 1.32. The van der Waals surface area contributed by atoms with Gasteiger partial charge in [0.15, 0.2) is 0 Å². The van der Waals surface area contributed by atoms with E-state index in [9.17, 15) is 0 Å². The Labute approximate surface area is 124 Å². The third kappa shape index (κ3) is 7.54. The summed E-state index contributed by atoms with van der Waals surface area (Å²) >= 11 is 0. The monoisotopic (exact) mass is 277 g/mol. The Bertz CT molecular complexity index is 345. The van der Waals surface area contributed by atoms with Crippen molar-refractivity contribution in [2.45, 2.75) is 78.5 Å². The van der Waals surface area contributed by atoms with Crippen LogP contribution in [-0.2, 0) is 6.54 Å². The fraction of sp³-hybridized carbons (Fsp3) is 0.667. The van der Waals surface area contributed by atoms with Gasteiger partial charge in [-0.05, 0) is 44.9 Å². The first-order valence-corrected chi connectivity index (χ1v) is 8.10. The summed E-state index contributed by atoms with van der Waals surface area (Å²) in [5.74, 6) is 0.955. The van der Waals surface area contributed by atoms with Gasteiger partial charge in [-0.25, -0.2) is 0 Å². The molecule has 114 valence electrons. The van der Waals surface area contributed by atoms with Crippen LogP contribution in [0.15, 0.2) is 24.3 Å². The van der Waals surface area contributed by atoms with Gasteiger partial charge in [-0.15, -0.1) is 0 Å². The standard InChI is InChI=1S/C18H31NO/c1-5-6-7-8-9-16(4)19-14-17-10-12-18(13-11-17)20-15(2)3/h10-13,15-16,19H,5-9,14H2,1-4H3. The smallest absolute Gasteiger partial charge is 0.119 e. The molecule has 0 aromatic heterocycles. The number of nitrogens with one attached hydrogen (secondary N) is 1. The number of unbranched alkanes of at least 4 members (excludes halogenated alkanes) is 3. The highest BCUT2D eigenvalue weighted by Crippen LogP contribution is 2.14. The lowest BCUT2D eigenvalue weighted by Crippen LogP contribution is -2.25. The molecule has 0 amide bonds. The van der Waals surface area contributed by atoms with Crippen LogP contribution in [0.3, 0.4) is 0 Å². The lowest BCUT2D eigenvalue weighted by molar-refractivity contribution is 0.242. The second-order valence-corrected chi connectivity index (χ2v) is 5.94. The van der Waals surface area contributed by atoms with Gasteiger partial charge in [-0.3, -0.25) is 0 Å². The van der Waals surface area contributed by atoms with Crippen LogP contribution < -0.4 is 10.1 Å². The molecule has 2 nitrogen and oxygen atoms in total. The van der Waals surface area contributed by atoms with Gasteiger partial charge in [0, 0.05) is 12.6 Å². The minimum Gasteiger partial charge on any atom is -0.491 e. The third-order valence-electron chi connectivity index (χ3n) is 3.44. The highest BCUT2D eigenvalue weighted by atomic mass is 16.5. The lowest BCUT2D eigenvalue weighted by atomic mass is 10.1. The zero-order chi connectivity index (χ0) is 14.8. The second-order valence-electron chi connectivity index (χ2n) is 5.94. The van der Waals surface area contributed by atoms with Gasteiger partial charge in [-0.2, -0.15) is 0 Å². The van der Waals surface area contributed by atoms with E-state index >= 15 is 0 Å². The fourth-order valence-electron chi connectivity index (χ4n) is 2.23. The molecule has 2 heteroatoms. The molecule has 1 N–H and O–H groups in total. The topological polar surface area (TPSA) is 21.3 Å². The summed E-state index contributed by atoms with van der Waals surface area (Å²) in [5, 5.41) is 3.60. The summed E-state index contributed by atoms with van der Waals surface area (Å²) in [6.45, 7) is 9.58. The first-order chi connectivity index (χ1) is 9.61. The van der Waals surface area contributed by atoms with Crippen LogP contribution in [0, 0.1) is 0 Å². The lowest BCUT2D eigenvalue weighted by Gasteiger charge is -2.14. The minimum atomic E-state index is 0.238. The molecular weight excluding hydrogens is 246 g/mol. The Morgan fingerprint density at radius 1 is 1.00 bits per heavy atom. The second kappa shape index (κ2) is 9.82. The van der Waals surface area contributed by atoms with Crippen molar-refractivity contribution in [1.29, 1.82) is 0 Å². The van der Waals surface area contributed by atoms with Crippen LogP contribution >= 0.6 is 0 Å². The number of ether oxygens (including phenoxy) is 1. The molecule has 0 bridgehead atoms. The third-order valence-corrected chi connectivity index (χ3v) is 3.44. The zero-order valence-corrected chi connectivity index (χ0v) is 13.6. The molecule has 0 heterocycles. The Hall–Kier alpha value is -1.02. The Morgan fingerprint density at radius 2 is 1.70 bits per heavy atom. The minimum absolute atomic E-state index is 0.238. The van der Waals surface area contributed by atoms with Gasteiger partial charge in [0.2, 0.25) is 0 Å². The van der Waals surface area contributed by atoms with E-state index in [0.29, 0.717) is 6.04 Å². The van der Waals surface area contributed by atoms with Crippen LogP contribution in [0.2, 0.25) is 0 Å². The Balaban J connectivity index is 2.23. The van der Waals surface area contributed by atoms with E-state index in [1.165, 1.54) is 37.7 Å². The normalized spacial score (nSPS) is 12.7. The van der Waals surface area contributed by atoms with Crippen molar-refractivity contribution in [2.24, 2.45) is 0 Å². The predicted octanol–water partition coefficient (Wildman–Crippen LogP) is 4.92. The van der Waals surface area contributed by atoms with Crippen molar-refractivity contribution in [2.75, 3.05) is 0 Å². The molecule has 0 spiro atoms. The highest BCUT2D eigenvalue weighted by Gasteiger charge is 2.02. The van der Waals surface area contributed by atoms with Crippen LogP contribution in [0.25, 0.3) is 0 Å². The highest BCUT2D eigenvalue weighted by molar-refractivity contribution is 5.27. The molecule has 0 saturated heterocycles. The molecule has 0 aliphatic heterocycles. The van der Waals surface area contributed by atoms with Gasteiger partial charge in [0.1, 0.15) is 5.75 Å². The predicted molar refractivity (Wildman–Crippen MR) is 87.3 cm³/mol. The van der Waals surface area contributed by atoms with E-state index in [1.807, 2.05) is 0 Å². The quantitative estimate of drug-likeness (QED) is 0.613. The molecule has 0 aliphatic rings. The molecule has 1 aromatic carbocycles. The van der Waals surface area contributed by atoms with E-state index in [4.69, 9.17) is 4.74 Å². The van der Waals surface area contributed by atoms with Crippen molar-refractivity contribution in [1.82, 2.24) is 5.32 Å². The molecule has 0 fully saturated rings. The van der Waals surface area contributed by atoms with E-state index in [0.717, 1.165) is 12.3 Å². The first-order valence-electron chi connectivity index (χ1n) is 8.10. The summed E-state index contributed by atoms with van der Waals surface area (Å²) in [7, 11) is 0. The van der Waals surface area contributed by atoms with Crippen LogP contribution in [0.4, 0.5) is 0 Å². The molecule has 0 radical (unpaired) electrons. The van der Waals surface area contributed by atoms with Crippen molar-refractivity contribution in [3.8, 4) is 5.75 Å². The average Bonchev–Trinajstić information content (AvgIpc) is 2.42. The summed E-state index contributed by atoms with van der Waals surface area (Å²) in [6.07, 6.45) is 6.89. The van der Waals surface area contributed by atoms with Crippen LogP contribution in [0.1, 0.15) is 65.4 Å². The molecular formula is C18H31NO. The Morgan fingerprint density at radius 3 is 2.30 bits per heavy atom. The van der Waals surface area contributed by atoms with Crippen molar-refractivity contribution >= 4 is 0 Å². The number of benzene rings is 1. The molecule has 0 saturated carbocycles. The average molecular weight is 277 g/mol. The van der Waals surface area contributed by atoms with Gasteiger partial charge in [-0.1, -0.05) is 44.7 Å². The van der Waals surface area contributed by atoms with Crippen molar-refractivity contribution < 1.29 is 4.74 Å². The van der Waals surface area contributed by atoms with Gasteiger partial charge in [0.25, 0.3) is 0 Å². The molecule has 0 aliphatic carbocycles. The van der Waals surface area contributed by atoms with Crippen molar-refractivity contribution in [3.63, 3.8) is 0 Å². The largest absolute Gasteiger partial charge is 0.491 e. The van der Waals surface area contributed by atoms with Gasteiger partial charge in [0.05, 0.1) is 6.10 Å². The zero-order valence-electron chi connectivity index (χ0n) is 13.6. The van der Waals surface area contributed by atoms with Crippen LogP contribution in [-0.4, -0.2) is 12.1 Å². The van der Waals surface area contributed by atoms with Gasteiger partial charge >= 0.3 is 0 Å².